The predicted octanol–water partition coefficient (Wildman–Crippen LogP) is 2.27. The Hall–Kier alpha value is -0.570. The molecule has 0 heterocycles. The Balaban J connectivity index is 1.78. The van der Waals surface area contributed by atoms with Gasteiger partial charge in [0.2, 0.25) is 0 Å². The van der Waals surface area contributed by atoms with Gasteiger partial charge < -0.3 is 10.4 Å². The molecule has 3 nitrogen and oxygen atoms in total. The van der Waals surface area contributed by atoms with Crippen LogP contribution in [0.5, 0.6) is 0 Å². The summed E-state index contributed by atoms with van der Waals surface area (Å²) in [7, 11) is 0. The quantitative estimate of drug-likeness (QED) is 0.771. The molecule has 0 aromatic carbocycles. The van der Waals surface area contributed by atoms with Gasteiger partial charge in [-0.1, -0.05) is 19.8 Å². The molecule has 0 aromatic rings. The third-order valence-corrected chi connectivity index (χ3v) is 4.48. The molecular weight excluding hydrogens is 202 g/mol. The third-order valence-electron chi connectivity index (χ3n) is 4.48. The molecule has 2 saturated carbocycles. The fourth-order valence-corrected chi connectivity index (χ4v) is 3.36. The predicted molar refractivity (Wildman–Crippen MR) is 63.3 cm³/mol. The van der Waals surface area contributed by atoms with Gasteiger partial charge in [0.05, 0.1) is 5.92 Å². The van der Waals surface area contributed by atoms with Gasteiger partial charge in [-0.15, -0.1) is 0 Å². The van der Waals surface area contributed by atoms with Crippen molar-refractivity contribution >= 4 is 5.97 Å². The molecule has 0 spiro atoms. The molecule has 0 saturated heterocycles. The average molecular weight is 225 g/mol. The highest BCUT2D eigenvalue weighted by molar-refractivity contribution is 5.70. The van der Waals surface area contributed by atoms with Crippen molar-refractivity contribution < 1.29 is 9.90 Å². The number of nitrogens with one attached hydrogen (secondary N) is 1. The SMILES string of the molecule is CC1CCCC1NCC1CCCC1C(=O)O. The van der Waals surface area contributed by atoms with Crippen LogP contribution in [0.3, 0.4) is 0 Å². The number of hydrogen-bond donors (Lipinski definition) is 2. The second kappa shape index (κ2) is 5.17. The zero-order valence-corrected chi connectivity index (χ0v) is 10.1. The van der Waals surface area contributed by atoms with Crippen LogP contribution in [-0.2, 0) is 4.79 Å². The van der Waals surface area contributed by atoms with Gasteiger partial charge in [0.15, 0.2) is 0 Å². The first kappa shape index (κ1) is 11.9. The number of carboxylic acids is 1. The highest BCUT2D eigenvalue weighted by atomic mass is 16.4. The second-order valence-corrected chi connectivity index (χ2v) is 5.56. The van der Waals surface area contributed by atoms with Gasteiger partial charge in [-0.25, -0.2) is 0 Å². The summed E-state index contributed by atoms with van der Waals surface area (Å²) in [4.78, 5) is 11.0. The number of aliphatic carboxylic acids is 1. The van der Waals surface area contributed by atoms with Gasteiger partial charge in [0.25, 0.3) is 0 Å². The van der Waals surface area contributed by atoms with Crippen LogP contribution in [-0.4, -0.2) is 23.7 Å². The van der Waals surface area contributed by atoms with E-state index in [9.17, 15) is 4.79 Å². The summed E-state index contributed by atoms with van der Waals surface area (Å²) in [6.07, 6.45) is 6.97. The van der Waals surface area contributed by atoms with Crippen molar-refractivity contribution in [1.82, 2.24) is 5.32 Å². The normalized spacial score (nSPS) is 39.1. The van der Waals surface area contributed by atoms with Crippen molar-refractivity contribution in [2.24, 2.45) is 17.8 Å². The van der Waals surface area contributed by atoms with Crippen LogP contribution in [0.15, 0.2) is 0 Å². The van der Waals surface area contributed by atoms with Crippen LogP contribution < -0.4 is 5.32 Å². The first-order chi connectivity index (χ1) is 7.68. The van der Waals surface area contributed by atoms with Crippen LogP contribution in [0.2, 0.25) is 0 Å². The maximum atomic E-state index is 11.0. The van der Waals surface area contributed by atoms with Crippen LogP contribution in [0.4, 0.5) is 0 Å². The molecule has 2 fully saturated rings. The van der Waals surface area contributed by atoms with Crippen LogP contribution >= 0.6 is 0 Å². The molecule has 0 radical (unpaired) electrons. The third kappa shape index (κ3) is 2.57. The minimum Gasteiger partial charge on any atom is -0.481 e. The highest BCUT2D eigenvalue weighted by Crippen LogP contribution is 2.32. The minimum absolute atomic E-state index is 0.0933. The van der Waals surface area contributed by atoms with E-state index < -0.39 is 5.97 Å². The minimum atomic E-state index is -0.594. The molecule has 4 atom stereocenters. The van der Waals surface area contributed by atoms with E-state index in [2.05, 4.69) is 12.2 Å². The van der Waals surface area contributed by atoms with E-state index in [0.717, 1.165) is 31.7 Å². The molecule has 2 rings (SSSR count). The Morgan fingerprint density at radius 2 is 2.00 bits per heavy atom. The van der Waals surface area contributed by atoms with Gasteiger partial charge in [0, 0.05) is 6.04 Å². The van der Waals surface area contributed by atoms with Gasteiger partial charge in [-0.05, 0) is 44.1 Å². The van der Waals surface area contributed by atoms with E-state index in [4.69, 9.17) is 5.11 Å². The monoisotopic (exact) mass is 225 g/mol. The van der Waals surface area contributed by atoms with Crippen LogP contribution in [0.1, 0.15) is 45.4 Å². The molecule has 2 aliphatic rings. The summed E-state index contributed by atoms with van der Waals surface area (Å²) in [6, 6.07) is 0.634. The number of carboxylic acid groups (broad SMARTS) is 1. The number of carbonyl (C=O) groups is 1. The van der Waals surface area contributed by atoms with Crippen molar-refractivity contribution in [3.8, 4) is 0 Å². The number of rotatable bonds is 4. The summed E-state index contributed by atoms with van der Waals surface area (Å²) in [5.41, 5.74) is 0. The van der Waals surface area contributed by atoms with Gasteiger partial charge in [0.1, 0.15) is 0 Å². The Morgan fingerprint density at radius 3 is 2.62 bits per heavy atom. The van der Waals surface area contributed by atoms with E-state index in [1.165, 1.54) is 19.3 Å². The lowest BCUT2D eigenvalue weighted by Gasteiger charge is -2.22. The van der Waals surface area contributed by atoms with Crippen LogP contribution in [0, 0.1) is 17.8 Å². The fraction of sp³-hybridized carbons (Fsp3) is 0.923. The van der Waals surface area contributed by atoms with E-state index in [0.29, 0.717) is 12.0 Å². The summed E-state index contributed by atoms with van der Waals surface area (Å²) in [5.74, 6) is 0.447. The summed E-state index contributed by atoms with van der Waals surface area (Å²) < 4.78 is 0. The maximum Gasteiger partial charge on any atom is 0.306 e. The Kier molecular flexibility index (Phi) is 3.85. The van der Waals surface area contributed by atoms with E-state index in [1.807, 2.05) is 0 Å². The van der Waals surface area contributed by atoms with Crippen LogP contribution in [0.25, 0.3) is 0 Å². The zero-order valence-electron chi connectivity index (χ0n) is 10.1. The average Bonchev–Trinajstić information content (AvgIpc) is 2.83. The summed E-state index contributed by atoms with van der Waals surface area (Å²) in [5, 5.41) is 12.7. The molecule has 0 aliphatic heterocycles. The van der Waals surface area contributed by atoms with E-state index in [-0.39, 0.29) is 5.92 Å². The second-order valence-electron chi connectivity index (χ2n) is 5.56. The van der Waals surface area contributed by atoms with Gasteiger partial charge >= 0.3 is 5.97 Å². The highest BCUT2D eigenvalue weighted by Gasteiger charge is 2.33. The summed E-state index contributed by atoms with van der Waals surface area (Å²) in [6.45, 7) is 3.21. The standard InChI is InChI=1S/C13H23NO2/c1-9-4-2-7-12(9)14-8-10-5-3-6-11(10)13(15)16/h9-12,14H,2-8H2,1H3,(H,15,16). The lowest BCUT2D eigenvalue weighted by atomic mass is 9.95. The lowest BCUT2D eigenvalue weighted by Crippen LogP contribution is -2.37. The lowest BCUT2D eigenvalue weighted by molar-refractivity contribution is -0.142. The molecule has 0 amide bonds. The Bertz CT molecular complexity index is 254. The van der Waals surface area contributed by atoms with E-state index in [1.54, 1.807) is 0 Å². The first-order valence-corrected chi connectivity index (χ1v) is 6.64. The largest absolute Gasteiger partial charge is 0.481 e. The van der Waals surface area contributed by atoms with Crippen molar-refractivity contribution in [1.29, 1.82) is 0 Å². The Morgan fingerprint density at radius 1 is 1.25 bits per heavy atom. The maximum absolute atomic E-state index is 11.0. The van der Waals surface area contributed by atoms with Gasteiger partial charge in [-0.2, -0.15) is 0 Å². The molecule has 92 valence electrons. The fourth-order valence-electron chi connectivity index (χ4n) is 3.36. The molecular formula is C13H23NO2. The zero-order chi connectivity index (χ0) is 11.5. The molecule has 3 heteroatoms. The first-order valence-electron chi connectivity index (χ1n) is 6.64. The van der Waals surface area contributed by atoms with Crippen molar-refractivity contribution in [3.05, 3.63) is 0 Å². The molecule has 2 aliphatic carbocycles. The van der Waals surface area contributed by atoms with Crippen molar-refractivity contribution in [3.63, 3.8) is 0 Å². The smallest absolute Gasteiger partial charge is 0.306 e. The van der Waals surface area contributed by atoms with Crippen molar-refractivity contribution in [2.45, 2.75) is 51.5 Å². The van der Waals surface area contributed by atoms with Gasteiger partial charge in [-0.3, -0.25) is 4.79 Å². The van der Waals surface area contributed by atoms with Crippen molar-refractivity contribution in [2.75, 3.05) is 6.54 Å². The summed E-state index contributed by atoms with van der Waals surface area (Å²) >= 11 is 0. The topological polar surface area (TPSA) is 49.3 Å². The molecule has 16 heavy (non-hydrogen) atoms. The molecule has 2 N–H and O–H groups in total. The molecule has 0 bridgehead atoms. The molecule has 4 unspecified atom stereocenters. The number of hydrogen-bond acceptors (Lipinski definition) is 2. The molecule has 0 aromatic heterocycles. The Labute approximate surface area is 97.6 Å². The van der Waals surface area contributed by atoms with E-state index >= 15 is 0 Å².